The van der Waals surface area contributed by atoms with Crippen LogP contribution in [-0.4, -0.2) is 46.3 Å². The molecule has 10 heteroatoms. The van der Waals surface area contributed by atoms with E-state index in [4.69, 9.17) is 0 Å². The first kappa shape index (κ1) is 25.9. The minimum absolute atomic E-state index is 0.114. The Balaban J connectivity index is 1.43. The lowest BCUT2D eigenvalue weighted by molar-refractivity contribution is -0.384. The summed E-state index contributed by atoms with van der Waals surface area (Å²) in [5.74, 6) is -0.457. The van der Waals surface area contributed by atoms with Gasteiger partial charge in [0.1, 0.15) is 5.69 Å². The van der Waals surface area contributed by atoms with Crippen LogP contribution in [-0.2, 0) is 6.42 Å². The maximum Gasteiger partial charge on any atom is 0.294 e. The fourth-order valence-corrected chi connectivity index (χ4v) is 6.08. The number of likely N-dealkylation sites (tertiary alicyclic amines) is 1. The molecule has 4 aromatic rings. The standard InChI is InChI=1S/C30H26BrN5O4/c31-21-15-23(29(37)34-12-4-1-5-13-34)27(26(16-21)36(39)40)33-25-10-6-8-19-11-14-35(28(19)25)30(38)24-18-32-17-20-7-2-3-9-22(20)24/h2-3,6-10,15-18,33H,1,4-5,11-14H2. The van der Waals surface area contributed by atoms with E-state index >= 15 is 0 Å². The lowest BCUT2D eigenvalue weighted by Crippen LogP contribution is -2.36. The molecule has 1 fully saturated rings. The van der Waals surface area contributed by atoms with Crippen LogP contribution in [0.5, 0.6) is 0 Å². The second-order valence-electron chi connectivity index (χ2n) is 10.0. The smallest absolute Gasteiger partial charge is 0.294 e. The molecule has 3 heterocycles. The van der Waals surface area contributed by atoms with E-state index in [2.05, 4.69) is 26.2 Å². The number of anilines is 3. The Morgan fingerprint density at radius 1 is 0.925 bits per heavy atom. The molecule has 2 aliphatic rings. The van der Waals surface area contributed by atoms with Crippen LogP contribution in [0.15, 0.2) is 71.5 Å². The predicted octanol–water partition coefficient (Wildman–Crippen LogP) is 6.48. The highest BCUT2D eigenvalue weighted by Crippen LogP contribution is 2.42. The van der Waals surface area contributed by atoms with Gasteiger partial charge in [-0.25, -0.2) is 0 Å². The van der Waals surface area contributed by atoms with E-state index in [1.54, 1.807) is 34.3 Å². The Bertz CT molecular complexity index is 1660. The number of halogens is 1. The summed E-state index contributed by atoms with van der Waals surface area (Å²) >= 11 is 3.36. The van der Waals surface area contributed by atoms with E-state index in [9.17, 15) is 19.7 Å². The molecule has 0 unspecified atom stereocenters. The molecule has 2 aliphatic heterocycles. The first-order valence-electron chi connectivity index (χ1n) is 13.2. The third-order valence-electron chi connectivity index (χ3n) is 7.55. The third-order valence-corrected chi connectivity index (χ3v) is 8.01. The molecule has 0 spiro atoms. The number of benzene rings is 3. The number of carbonyl (C=O) groups is 2. The molecule has 6 rings (SSSR count). The van der Waals surface area contributed by atoms with Gasteiger partial charge in [-0.1, -0.05) is 52.3 Å². The molecule has 0 bridgehead atoms. The molecule has 0 aliphatic carbocycles. The Morgan fingerprint density at radius 3 is 2.52 bits per heavy atom. The molecular weight excluding hydrogens is 574 g/mol. The van der Waals surface area contributed by atoms with E-state index in [1.165, 1.54) is 6.07 Å². The number of pyridine rings is 1. The fraction of sp³-hybridized carbons (Fsp3) is 0.233. The molecule has 3 aromatic carbocycles. The molecule has 9 nitrogen and oxygen atoms in total. The van der Waals surface area contributed by atoms with Crippen LogP contribution in [0.2, 0.25) is 0 Å². The van der Waals surface area contributed by atoms with Crippen LogP contribution < -0.4 is 10.2 Å². The van der Waals surface area contributed by atoms with Crippen molar-refractivity contribution in [1.29, 1.82) is 0 Å². The van der Waals surface area contributed by atoms with Gasteiger partial charge in [0.2, 0.25) is 0 Å². The summed E-state index contributed by atoms with van der Waals surface area (Å²) in [6, 6.07) is 16.2. The van der Waals surface area contributed by atoms with Gasteiger partial charge in [-0.05, 0) is 48.8 Å². The molecule has 202 valence electrons. The fourth-order valence-electron chi connectivity index (χ4n) is 5.63. The Hall–Kier alpha value is -4.31. The number of amides is 2. The van der Waals surface area contributed by atoms with Crippen LogP contribution in [0.1, 0.15) is 45.5 Å². The summed E-state index contributed by atoms with van der Waals surface area (Å²) < 4.78 is 0.448. The van der Waals surface area contributed by atoms with Crippen molar-refractivity contribution in [2.45, 2.75) is 25.7 Å². The van der Waals surface area contributed by atoms with Crippen molar-refractivity contribution in [3.05, 3.63) is 98.3 Å². The van der Waals surface area contributed by atoms with Crippen molar-refractivity contribution < 1.29 is 14.5 Å². The van der Waals surface area contributed by atoms with Crippen molar-refractivity contribution in [3.63, 3.8) is 0 Å². The number of nitrogens with one attached hydrogen (secondary N) is 1. The maximum atomic E-state index is 13.9. The van der Waals surface area contributed by atoms with Crippen LogP contribution in [0.25, 0.3) is 10.8 Å². The topological polar surface area (TPSA) is 109 Å². The van der Waals surface area contributed by atoms with E-state index in [0.717, 1.165) is 35.6 Å². The number of nitro groups is 1. The minimum Gasteiger partial charge on any atom is -0.348 e. The van der Waals surface area contributed by atoms with Crippen molar-refractivity contribution >= 4 is 61.3 Å². The Kier molecular flexibility index (Phi) is 6.93. The van der Waals surface area contributed by atoms with Crippen LogP contribution in [0.4, 0.5) is 22.7 Å². The highest BCUT2D eigenvalue weighted by molar-refractivity contribution is 9.10. The summed E-state index contributed by atoms with van der Waals surface area (Å²) in [6.45, 7) is 1.68. The quantitative estimate of drug-likeness (QED) is 0.208. The number of hydrogen-bond acceptors (Lipinski definition) is 6. The average molecular weight is 600 g/mol. The number of carbonyl (C=O) groups excluding carboxylic acids is 2. The van der Waals surface area contributed by atoms with Gasteiger partial charge in [0.25, 0.3) is 17.5 Å². The van der Waals surface area contributed by atoms with Crippen molar-refractivity contribution in [1.82, 2.24) is 9.88 Å². The van der Waals surface area contributed by atoms with Crippen molar-refractivity contribution in [2.24, 2.45) is 0 Å². The van der Waals surface area contributed by atoms with Gasteiger partial charge in [0.15, 0.2) is 0 Å². The monoisotopic (exact) mass is 599 g/mol. The normalized spacial score (nSPS) is 14.7. The highest BCUT2D eigenvalue weighted by Gasteiger charge is 2.32. The molecule has 0 saturated carbocycles. The number of para-hydroxylation sites is 1. The number of rotatable bonds is 5. The average Bonchev–Trinajstić information content (AvgIpc) is 3.42. The second-order valence-corrected chi connectivity index (χ2v) is 10.9. The number of hydrogen-bond donors (Lipinski definition) is 1. The van der Waals surface area contributed by atoms with E-state index in [-0.39, 0.29) is 28.8 Å². The molecule has 0 radical (unpaired) electrons. The molecule has 0 atom stereocenters. The van der Waals surface area contributed by atoms with Gasteiger partial charge in [0.05, 0.1) is 27.4 Å². The van der Waals surface area contributed by atoms with E-state index < -0.39 is 4.92 Å². The highest BCUT2D eigenvalue weighted by atomic mass is 79.9. The molecule has 1 saturated heterocycles. The number of aromatic nitrogens is 1. The van der Waals surface area contributed by atoms with Gasteiger partial charge >= 0.3 is 0 Å². The molecular formula is C30H26BrN5O4. The number of piperidine rings is 1. The van der Waals surface area contributed by atoms with Gasteiger partial charge in [0, 0.05) is 48.0 Å². The summed E-state index contributed by atoms with van der Waals surface area (Å²) in [4.78, 5) is 46.9. The first-order chi connectivity index (χ1) is 19.4. The van der Waals surface area contributed by atoms with E-state index in [1.807, 2.05) is 36.4 Å². The molecule has 1 N–H and O–H groups in total. The zero-order valence-corrected chi connectivity index (χ0v) is 23.2. The number of fused-ring (bicyclic) bond motifs is 2. The van der Waals surface area contributed by atoms with Crippen molar-refractivity contribution in [3.8, 4) is 0 Å². The van der Waals surface area contributed by atoms with Crippen LogP contribution in [0, 0.1) is 10.1 Å². The lowest BCUT2D eigenvalue weighted by Gasteiger charge is -2.28. The minimum atomic E-state index is -0.492. The molecule has 40 heavy (non-hydrogen) atoms. The molecule has 1 aromatic heterocycles. The summed E-state index contributed by atoms with van der Waals surface area (Å²) in [5, 5.41) is 17.1. The van der Waals surface area contributed by atoms with Crippen molar-refractivity contribution in [2.75, 3.05) is 29.9 Å². The van der Waals surface area contributed by atoms with Crippen LogP contribution in [0.3, 0.4) is 0 Å². The number of nitrogens with zero attached hydrogens (tertiary/aromatic N) is 4. The summed E-state index contributed by atoms with van der Waals surface area (Å²) in [7, 11) is 0. The first-order valence-corrected chi connectivity index (χ1v) is 14.0. The van der Waals surface area contributed by atoms with Gasteiger partial charge in [-0.3, -0.25) is 24.7 Å². The summed E-state index contributed by atoms with van der Waals surface area (Å²) in [6.07, 6.45) is 6.79. The number of nitro benzene ring substituents is 1. The SMILES string of the molecule is O=C(c1cc(Br)cc([N+](=O)[O-])c1Nc1cccc2c1N(C(=O)c1cncc3ccccc13)CC2)N1CCCCC1. The predicted molar refractivity (Wildman–Crippen MR) is 157 cm³/mol. The van der Waals surface area contributed by atoms with E-state index in [0.29, 0.717) is 47.5 Å². The largest absolute Gasteiger partial charge is 0.348 e. The Morgan fingerprint density at radius 2 is 1.73 bits per heavy atom. The zero-order valence-electron chi connectivity index (χ0n) is 21.6. The third kappa shape index (κ3) is 4.68. The lowest BCUT2D eigenvalue weighted by atomic mass is 10.0. The summed E-state index contributed by atoms with van der Waals surface area (Å²) in [5.41, 5.74) is 2.70. The van der Waals surface area contributed by atoms with Gasteiger partial charge in [-0.15, -0.1) is 0 Å². The van der Waals surface area contributed by atoms with Crippen LogP contribution >= 0.6 is 15.9 Å². The maximum absolute atomic E-state index is 13.9. The zero-order chi connectivity index (χ0) is 27.8. The Labute approximate surface area is 239 Å². The van der Waals surface area contributed by atoms with Gasteiger partial charge in [-0.2, -0.15) is 0 Å². The second kappa shape index (κ2) is 10.7. The van der Waals surface area contributed by atoms with Gasteiger partial charge < -0.3 is 15.1 Å². The molecule has 2 amide bonds.